The van der Waals surface area contributed by atoms with Gasteiger partial charge in [-0.3, -0.25) is 0 Å². The molecule has 2 aromatic heterocycles. The fourth-order valence-corrected chi connectivity index (χ4v) is 2.99. The summed E-state index contributed by atoms with van der Waals surface area (Å²) in [6.45, 7) is 0.383. The lowest BCUT2D eigenvalue weighted by Gasteiger charge is -2.07. The smallest absolute Gasteiger partial charge is 0.170 e. The van der Waals surface area contributed by atoms with Crippen molar-refractivity contribution in [2.75, 3.05) is 5.73 Å². The SMILES string of the molecule is Nc1nc(CO)ccc1-c1cc(Cc2ccc(OCc3ccccc3)cc2)no1. The van der Waals surface area contributed by atoms with Gasteiger partial charge in [0, 0.05) is 12.5 Å². The molecule has 0 radical (unpaired) electrons. The molecule has 0 unspecified atom stereocenters. The van der Waals surface area contributed by atoms with Crippen LogP contribution in [-0.4, -0.2) is 15.2 Å². The molecule has 0 atom stereocenters. The number of hydrogen-bond acceptors (Lipinski definition) is 6. The van der Waals surface area contributed by atoms with Crippen LogP contribution in [0.25, 0.3) is 11.3 Å². The van der Waals surface area contributed by atoms with Gasteiger partial charge in [0.25, 0.3) is 0 Å². The monoisotopic (exact) mass is 387 g/mol. The molecule has 2 heterocycles. The number of nitrogen functional groups attached to an aromatic ring is 1. The molecule has 0 amide bonds. The van der Waals surface area contributed by atoms with Crippen LogP contribution in [0.2, 0.25) is 0 Å². The highest BCUT2D eigenvalue weighted by Crippen LogP contribution is 2.26. The summed E-state index contributed by atoms with van der Waals surface area (Å²) in [7, 11) is 0. The van der Waals surface area contributed by atoms with E-state index < -0.39 is 0 Å². The van der Waals surface area contributed by atoms with Crippen molar-refractivity contribution >= 4 is 5.82 Å². The van der Waals surface area contributed by atoms with Gasteiger partial charge in [-0.05, 0) is 35.4 Å². The van der Waals surface area contributed by atoms with Crippen molar-refractivity contribution in [2.45, 2.75) is 19.6 Å². The number of ether oxygens (including phenoxy) is 1. The molecule has 4 rings (SSSR count). The van der Waals surface area contributed by atoms with E-state index in [2.05, 4.69) is 10.1 Å². The Morgan fingerprint density at radius 1 is 0.897 bits per heavy atom. The Kier molecular flexibility index (Phi) is 5.54. The van der Waals surface area contributed by atoms with Crippen molar-refractivity contribution in [1.29, 1.82) is 0 Å². The summed E-state index contributed by atoms with van der Waals surface area (Å²) in [5.74, 6) is 1.68. The van der Waals surface area contributed by atoms with Crippen molar-refractivity contribution in [3.05, 3.63) is 95.3 Å². The maximum Gasteiger partial charge on any atom is 0.170 e. The fourth-order valence-electron chi connectivity index (χ4n) is 2.99. The third-order valence-electron chi connectivity index (χ3n) is 4.53. The molecule has 2 aromatic carbocycles. The Morgan fingerprint density at radius 3 is 2.41 bits per heavy atom. The summed E-state index contributed by atoms with van der Waals surface area (Å²) < 4.78 is 11.2. The Morgan fingerprint density at radius 2 is 1.69 bits per heavy atom. The van der Waals surface area contributed by atoms with Gasteiger partial charge in [0.2, 0.25) is 0 Å². The van der Waals surface area contributed by atoms with E-state index in [9.17, 15) is 0 Å². The lowest BCUT2D eigenvalue weighted by molar-refractivity contribution is 0.277. The number of hydrogen-bond donors (Lipinski definition) is 2. The minimum atomic E-state index is -0.156. The van der Waals surface area contributed by atoms with Gasteiger partial charge in [-0.25, -0.2) is 4.98 Å². The van der Waals surface area contributed by atoms with Crippen LogP contribution in [0.15, 0.2) is 77.3 Å². The van der Waals surface area contributed by atoms with E-state index in [0.29, 0.717) is 35.9 Å². The van der Waals surface area contributed by atoms with Gasteiger partial charge in [-0.15, -0.1) is 0 Å². The number of rotatable bonds is 7. The third-order valence-corrected chi connectivity index (χ3v) is 4.53. The normalized spacial score (nSPS) is 10.8. The highest BCUT2D eigenvalue weighted by molar-refractivity contribution is 5.69. The number of pyridine rings is 1. The summed E-state index contributed by atoms with van der Waals surface area (Å²) in [5.41, 5.74) is 10.1. The molecular formula is C23H21N3O3. The zero-order chi connectivity index (χ0) is 20.1. The van der Waals surface area contributed by atoms with Crippen molar-refractivity contribution < 1.29 is 14.4 Å². The molecule has 29 heavy (non-hydrogen) atoms. The number of nitrogens with zero attached hydrogens (tertiary/aromatic N) is 2. The molecule has 0 aliphatic rings. The van der Waals surface area contributed by atoms with E-state index in [4.69, 9.17) is 20.1 Å². The molecule has 0 fully saturated rings. The fraction of sp³-hybridized carbons (Fsp3) is 0.130. The molecule has 0 aliphatic heterocycles. The van der Waals surface area contributed by atoms with Gasteiger partial charge >= 0.3 is 0 Å². The van der Waals surface area contributed by atoms with Crippen LogP contribution >= 0.6 is 0 Å². The van der Waals surface area contributed by atoms with Crippen LogP contribution in [-0.2, 0) is 19.6 Å². The van der Waals surface area contributed by atoms with Crippen LogP contribution < -0.4 is 10.5 Å². The van der Waals surface area contributed by atoms with Gasteiger partial charge in [0.1, 0.15) is 18.2 Å². The van der Waals surface area contributed by atoms with E-state index in [1.54, 1.807) is 12.1 Å². The molecule has 0 saturated carbocycles. The Bertz CT molecular complexity index is 1080. The minimum absolute atomic E-state index is 0.156. The molecule has 0 bridgehead atoms. The predicted molar refractivity (Wildman–Crippen MR) is 110 cm³/mol. The summed E-state index contributed by atoms with van der Waals surface area (Å²) >= 11 is 0. The van der Waals surface area contributed by atoms with Crippen LogP contribution in [0.5, 0.6) is 5.75 Å². The van der Waals surface area contributed by atoms with Gasteiger partial charge in [0.05, 0.1) is 23.6 Å². The van der Waals surface area contributed by atoms with E-state index in [1.807, 2.05) is 60.7 Å². The van der Waals surface area contributed by atoms with E-state index in [-0.39, 0.29) is 6.61 Å². The first kappa shape index (κ1) is 18.7. The number of aromatic nitrogens is 2. The zero-order valence-corrected chi connectivity index (χ0v) is 15.8. The molecule has 0 saturated heterocycles. The van der Waals surface area contributed by atoms with Gasteiger partial charge in [-0.1, -0.05) is 47.6 Å². The first-order valence-electron chi connectivity index (χ1n) is 9.29. The quantitative estimate of drug-likeness (QED) is 0.498. The van der Waals surface area contributed by atoms with Crippen molar-refractivity contribution in [2.24, 2.45) is 0 Å². The molecule has 146 valence electrons. The summed E-state index contributed by atoms with van der Waals surface area (Å²) in [4.78, 5) is 4.14. The summed E-state index contributed by atoms with van der Waals surface area (Å²) in [5, 5.41) is 13.3. The summed E-state index contributed by atoms with van der Waals surface area (Å²) in [6.07, 6.45) is 0.629. The minimum Gasteiger partial charge on any atom is -0.489 e. The van der Waals surface area contributed by atoms with E-state index in [0.717, 1.165) is 22.6 Å². The number of benzene rings is 2. The van der Waals surface area contributed by atoms with Crippen LogP contribution in [0.4, 0.5) is 5.82 Å². The Hall–Kier alpha value is -3.64. The standard InChI is InChI=1S/C23H21N3O3/c24-23-21(11-8-18(14-27)25-23)22-13-19(26-29-22)12-16-6-9-20(10-7-16)28-15-17-4-2-1-3-5-17/h1-11,13,27H,12,14-15H2,(H2,24,25). The number of nitrogens with two attached hydrogens (primary N) is 1. The molecule has 0 spiro atoms. The summed E-state index contributed by atoms with van der Waals surface area (Å²) in [6, 6.07) is 23.3. The zero-order valence-electron chi connectivity index (χ0n) is 15.8. The number of anilines is 1. The molecule has 6 nitrogen and oxygen atoms in total. The average molecular weight is 387 g/mol. The third kappa shape index (κ3) is 4.62. The highest BCUT2D eigenvalue weighted by atomic mass is 16.5. The second kappa shape index (κ2) is 8.58. The van der Waals surface area contributed by atoms with Crippen LogP contribution in [0, 0.1) is 0 Å². The van der Waals surface area contributed by atoms with Gasteiger partial charge < -0.3 is 20.1 Å². The molecular weight excluding hydrogens is 366 g/mol. The van der Waals surface area contributed by atoms with Crippen LogP contribution in [0.3, 0.4) is 0 Å². The van der Waals surface area contributed by atoms with E-state index in [1.165, 1.54) is 0 Å². The van der Waals surface area contributed by atoms with Crippen molar-refractivity contribution in [3.8, 4) is 17.1 Å². The predicted octanol–water partition coefficient (Wildman–Crippen LogP) is 3.98. The largest absolute Gasteiger partial charge is 0.489 e. The van der Waals surface area contributed by atoms with Crippen LogP contribution in [0.1, 0.15) is 22.5 Å². The first-order valence-corrected chi connectivity index (χ1v) is 9.29. The number of aliphatic hydroxyl groups is 1. The molecule has 6 heteroatoms. The topological polar surface area (TPSA) is 94.4 Å². The van der Waals surface area contributed by atoms with Gasteiger partial charge in [0.15, 0.2) is 5.76 Å². The Balaban J connectivity index is 1.40. The second-order valence-corrected chi connectivity index (χ2v) is 6.67. The van der Waals surface area contributed by atoms with Gasteiger partial charge in [-0.2, -0.15) is 0 Å². The van der Waals surface area contributed by atoms with E-state index >= 15 is 0 Å². The van der Waals surface area contributed by atoms with Crippen molar-refractivity contribution in [3.63, 3.8) is 0 Å². The second-order valence-electron chi connectivity index (χ2n) is 6.67. The Labute approximate surface area is 168 Å². The average Bonchev–Trinajstić information content (AvgIpc) is 3.22. The number of aliphatic hydroxyl groups excluding tert-OH is 1. The molecule has 0 aliphatic carbocycles. The highest BCUT2D eigenvalue weighted by Gasteiger charge is 2.12. The lowest BCUT2D eigenvalue weighted by Crippen LogP contribution is -1.97. The maximum absolute atomic E-state index is 9.14. The molecule has 4 aromatic rings. The lowest BCUT2D eigenvalue weighted by atomic mass is 10.1. The first-order chi connectivity index (χ1) is 14.2. The van der Waals surface area contributed by atoms with Crippen molar-refractivity contribution in [1.82, 2.24) is 10.1 Å². The molecule has 3 N–H and O–H groups in total. The maximum atomic E-state index is 9.14.